The molecule has 3 aromatic carbocycles. The first-order valence-electron chi connectivity index (χ1n) is 8.35. The summed E-state index contributed by atoms with van der Waals surface area (Å²) in [5.41, 5.74) is 3.41. The van der Waals surface area contributed by atoms with Crippen LogP contribution in [0.2, 0.25) is 0 Å². The third-order valence-corrected chi connectivity index (χ3v) is 5.52. The van der Waals surface area contributed by atoms with Gasteiger partial charge in [0.15, 0.2) is 5.58 Å². The Bertz CT molecular complexity index is 1170. The summed E-state index contributed by atoms with van der Waals surface area (Å²) in [5, 5.41) is 2.89. The molecule has 1 amide bonds. The van der Waals surface area contributed by atoms with E-state index < -0.39 is 0 Å². The summed E-state index contributed by atoms with van der Waals surface area (Å²) in [5.74, 6) is 1.03. The Morgan fingerprint density at radius 1 is 1.11 bits per heavy atom. The molecule has 1 heterocycles. The fourth-order valence-corrected chi connectivity index (χ4v) is 3.63. The van der Waals surface area contributed by atoms with Crippen LogP contribution in [0, 0.1) is 3.57 Å². The third kappa shape index (κ3) is 3.90. The number of carbonyl (C=O) groups is 1. The summed E-state index contributed by atoms with van der Waals surface area (Å²) >= 11 is 5.79. The van der Waals surface area contributed by atoms with E-state index in [9.17, 15) is 4.79 Å². The van der Waals surface area contributed by atoms with Crippen molar-refractivity contribution in [2.24, 2.45) is 0 Å². The number of rotatable bonds is 4. The molecule has 0 bridgehead atoms. The zero-order chi connectivity index (χ0) is 19.7. The Labute approximate surface area is 183 Å². The highest BCUT2D eigenvalue weighted by molar-refractivity contribution is 14.1. The van der Waals surface area contributed by atoms with Crippen LogP contribution < -0.4 is 10.1 Å². The number of carbonyl (C=O) groups excluding carboxylic acids is 1. The molecule has 28 heavy (non-hydrogen) atoms. The Morgan fingerprint density at radius 2 is 1.89 bits per heavy atom. The number of amides is 1. The van der Waals surface area contributed by atoms with Crippen molar-refractivity contribution in [2.45, 2.75) is 0 Å². The molecule has 140 valence electrons. The monoisotopic (exact) mass is 548 g/mol. The first-order valence-corrected chi connectivity index (χ1v) is 10.2. The lowest BCUT2D eigenvalue weighted by molar-refractivity contribution is 0.102. The molecular formula is C21H14BrIN2O3. The molecule has 0 aliphatic rings. The van der Waals surface area contributed by atoms with Crippen molar-refractivity contribution >= 4 is 61.2 Å². The van der Waals surface area contributed by atoms with Crippen molar-refractivity contribution < 1.29 is 13.9 Å². The maximum atomic E-state index is 12.5. The standard InChI is InChI=1S/C21H14BrIN2O3/c1-27-15-6-2-12(3-7-15)20(26)24-14-5-9-19-18(11-14)25-21(28-19)16-10-13(23)4-8-17(16)22/h2-11H,1H3,(H,24,26). The SMILES string of the molecule is COc1ccc(C(=O)Nc2ccc3oc(-c4cc(I)ccc4Br)nc3c2)cc1. The number of aromatic nitrogens is 1. The normalized spacial score (nSPS) is 10.8. The Morgan fingerprint density at radius 3 is 2.64 bits per heavy atom. The second-order valence-electron chi connectivity index (χ2n) is 6.01. The summed E-state index contributed by atoms with van der Waals surface area (Å²) in [7, 11) is 1.59. The summed E-state index contributed by atoms with van der Waals surface area (Å²) in [6, 6.07) is 18.3. The van der Waals surface area contributed by atoms with Crippen molar-refractivity contribution in [2.75, 3.05) is 12.4 Å². The predicted octanol–water partition coefficient (Wildman–Crippen LogP) is 6.12. The third-order valence-electron chi connectivity index (χ3n) is 4.16. The summed E-state index contributed by atoms with van der Waals surface area (Å²) < 4.78 is 13.0. The molecule has 0 atom stereocenters. The van der Waals surface area contributed by atoms with Crippen LogP contribution in [0.5, 0.6) is 5.75 Å². The van der Waals surface area contributed by atoms with Gasteiger partial charge in [0, 0.05) is 19.3 Å². The molecule has 0 aliphatic heterocycles. The number of hydrogen-bond donors (Lipinski definition) is 1. The van der Waals surface area contributed by atoms with Gasteiger partial charge < -0.3 is 14.5 Å². The van der Waals surface area contributed by atoms with E-state index in [0.29, 0.717) is 34.0 Å². The molecule has 4 aromatic rings. The largest absolute Gasteiger partial charge is 0.497 e. The molecule has 0 spiro atoms. The number of benzene rings is 3. The first kappa shape index (κ1) is 18.9. The minimum Gasteiger partial charge on any atom is -0.497 e. The van der Waals surface area contributed by atoms with E-state index in [-0.39, 0.29) is 5.91 Å². The van der Waals surface area contributed by atoms with Crippen LogP contribution in [-0.2, 0) is 0 Å². The molecule has 0 unspecified atom stereocenters. The van der Waals surface area contributed by atoms with Gasteiger partial charge in [0.2, 0.25) is 5.89 Å². The fourth-order valence-electron chi connectivity index (χ4n) is 2.73. The van der Waals surface area contributed by atoms with Crippen molar-refractivity contribution in [1.29, 1.82) is 0 Å². The number of oxazole rings is 1. The zero-order valence-corrected chi connectivity index (χ0v) is 18.4. The van der Waals surface area contributed by atoms with E-state index in [4.69, 9.17) is 9.15 Å². The number of halogens is 2. The quantitative estimate of drug-likeness (QED) is 0.312. The van der Waals surface area contributed by atoms with Crippen LogP contribution in [0.15, 0.2) is 69.6 Å². The van der Waals surface area contributed by atoms with Crippen molar-refractivity contribution in [3.05, 3.63) is 74.3 Å². The van der Waals surface area contributed by atoms with Gasteiger partial charge in [-0.2, -0.15) is 0 Å². The number of nitrogens with one attached hydrogen (secondary N) is 1. The van der Waals surface area contributed by atoms with Gasteiger partial charge in [-0.15, -0.1) is 0 Å². The Hall–Kier alpha value is -2.39. The smallest absolute Gasteiger partial charge is 0.255 e. The average molecular weight is 549 g/mol. The zero-order valence-electron chi connectivity index (χ0n) is 14.7. The number of methoxy groups -OCH3 is 1. The van der Waals surface area contributed by atoms with Crippen molar-refractivity contribution in [1.82, 2.24) is 4.98 Å². The molecule has 7 heteroatoms. The van der Waals surface area contributed by atoms with E-state index in [2.05, 4.69) is 48.8 Å². The highest BCUT2D eigenvalue weighted by Crippen LogP contribution is 2.32. The summed E-state index contributed by atoms with van der Waals surface area (Å²) in [6.45, 7) is 0. The van der Waals surface area contributed by atoms with Gasteiger partial charge in [0.05, 0.1) is 12.7 Å². The van der Waals surface area contributed by atoms with Gasteiger partial charge in [-0.05, 0) is 99.2 Å². The van der Waals surface area contributed by atoms with Gasteiger partial charge >= 0.3 is 0 Å². The fraction of sp³-hybridized carbons (Fsp3) is 0.0476. The van der Waals surface area contributed by atoms with Crippen LogP contribution in [-0.4, -0.2) is 18.0 Å². The molecule has 5 nitrogen and oxygen atoms in total. The lowest BCUT2D eigenvalue weighted by atomic mass is 10.2. The van der Waals surface area contributed by atoms with Crippen LogP contribution >= 0.6 is 38.5 Å². The maximum absolute atomic E-state index is 12.5. The number of ether oxygens (including phenoxy) is 1. The van der Waals surface area contributed by atoms with Crippen LogP contribution in [0.1, 0.15) is 10.4 Å². The van der Waals surface area contributed by atoms with Gasteiger partial charge in [0.25, 0.3) is 5.91 Å². The Balaban J connectivity index is 1.61. The topological polar surface area (TPSA) is 64.4 Å². The van der Waals surface area contributed by atoms with Gasteiger partial charge in [-0.3, -0.25) is 4.79 Å². The molecule has 0 aliphatic carbocycles. The molecule has 1 N–H and O–H groups in total. The number of anilines is 1. The molecule has 0 fully saturated rings. The molecular weight excluding hydrogens is 535 g/mol. The summed E-state index contributed by atoms with van der Waals surface area (Å²) in [6.07, 6.45) is 0. The van der Waals surface area contributed by atoms with E-state index in [1.165, 1.54) is 0 Å². The van der Waals surface area contributed by atoms with E-state index in [0.717, 1.165) is 13.6 Å². The molecule has 1 aromatic heterocycles. The van der Waals surface area contributed by atoms with Gasteiger partial charge in [-0.25, -0.2) is 4.98 Å². The minimum atomic E-state index is -0.203. The molecule has 4 rings (SSSR count). The second kappa shape index (κ2) is 7.92. The highest BCUT2D eigenvalue weighted by Gasteiger charge is 2.13. The van der Waals surface area contributed by atoms with E-state index in [1.807, 2.05) is 18.2 Å². The molecule has 0 saturated carbocycles. The lowest BCUT2D eigenvalue weighted by Gasteiger charge is -2.06. The average Bonchev–Trinajstić information content (AvgIpc) is 3.13. The van der Waals surface area contributed by atoms with Crippen LogP contribution in [0.4, 0.5) is 5.69 Å². The molecule has 0 radical (unpaired) electrons. The maximum Gasteiger partial charge on any atom is 0.255 e. The van der Waals surface area contributed by atoms with Crippen LogP contribution in [0.3, 0.4) is 0 Å². The number of fused-ring (bicyclic) bond motifs is 1. The first-order chi connectivity index (χ1) is 13.5. The van der Waals surface area contributed by atoms with E-state index in [1.54, 1.807) is 49.6 Å². The van der Waals surface area contributed by atoms with Crippen molar-refractivity contribution in [3.63, 3.8) is 0 Å². The number of hydrogen-bond acceptors (Lipinski definition) is 4. The van der Waals surface area contributed by atoms with Crippen molar-refractivity contribution in [3.8, 4) is 17.2 Å². The van der Waals surface area contributed by atoms with Gasteiger partial charge in [0.1, 0.15) is 11.3 Å². The van der Waals surface area contributed by atoms with Gasteiger partial charge in [-0.1, -0.05) is 0 Å². The molecule has 0 saturated heterocycles. The number of nitrogens with zero attached hydrogens (tertiary/aromatic N) is 1. The second-order valence-corrected chi connectivity index (χ2v) is 8.11. The minimum absolute atomic E-state index is 0.203. The lowest BCUT2D eigenvalue weighted by Crippen LogP contribution is -2.11. The Kier molecular flexibility index (Phi) is 5.36. The predicted molar refractivity (Wildman–Crippen MR) is 121 cm³/mol. The van der Waals surface area contributed by atoms with Crippen LogP contribution in [0.25, 0.3) is 22.6 Å². The highest BCUT2D eigenvalue weighted by atomic mass is 127. The summed E-state index contributed by atoms with van der Waals surface area (Å²) in [4.78, 5) is 17.0. The van der Waals surface area contributed by atoms with E-state index >= 15 is 0 Å².